The summed E-state index contributed by atoms with van der Waals surface area (Å²) in [7, 11) is 1.75. The topological polar surface area (TPSA) is 102 Å². The molecule has 1 aromatic carbocycles. The normalized spacial score (nSPS) is 17.5. The van der Waals surface area contributed by atoms with Crippen molar-refractivity contribution < 1.29 is 19.5 Å². The molecule has 0 saturated heterocycles. The van der Waals surface area contributed by atoms with Crippen LogP contribution < -0.4 is 5.32 Å². The lowest BCUT2D eigenvalue weighted by Crippen LogP contribution is -2.33. The van der Waals surface area contributed by atoms with Crippen molar-refractivity contribution >= 4 is 35.1 Å². The predicted molar refractivity (Wildman–Crippen MR) is 91.4 cm³/mol. The maximum absolute atomic E-state index is 12.3. The molecule has 1 aromatic heterocycles. The first-order chi connectivity index (χ1) is 12.0. The van der Waals surface area contributed by atoms with Gasteiger partial charge in [-0.3, -0.25) is 9.59 Å². The lowest BCUT2D eigenvalue weighted by atomic mass is 9.98. The molecule has 0 radical (unpaired) electrons. The second-order valence-electron chi connectivity index (χ2n) is 6.15. The van der Waals surface area contributed by atoms with Gasteiger partial charge in [-0.15, -0.1) is 0 Å². The van der Waals surface area contributed by atoms with Crippen LogP contribution in [0.15, 0.2) is 24.4 Å². The van der Waals surface area contributed by atoms with Crippen molar-refractivity contribution in [2.45, 2.75) is 6.42 Å². The highest BCUT2D eigenvalue weighted by atomic mass is 16.4. The van der Waals surface area contributed by atoms with Crippen LogP contribution in [0.5, 0.6) is 0 Å². The molecule has 0 fully saturated rings. The molecular formula is C18H15N3O4. The van der Waals surface area contributed by atoms with Crippen molar-refractivity contribution in [3.05, 3.63) is 52.3 Å². The average molecular weight is 337 g/mol. The summed E-state index contributed by atoms with van der Waals surface area (Å²) in [5, 5.41) is 11.9. The Morgan fingerprint density at radius 3 is 2.84 bits per heavy atom. The number of nitrogens with zero attached hydrogens (tertiary/aromatic N) is 1. The molecule has 25 heavy (non-hydrogen) atoms. The number of aromatic amines is 1. The van der Waals surface area contributed by atoms with Crippen molar-refractivity contribution in [1.29, 1.82) is 0 Å². The number of carbonyl (C=O) groups is 3. The van der Waals surface area contributed by atoms with E-state index in [9.17, 15) is 14.4 Å². The van der Waals surface area contributed by atoms with Crippen LogP contribution in [0.25, 0.3) is 11.6 Å². The number of carbonyl (C=O) groups excluding carboxylic acids is 2. The number of likely N-dealkylation sites (N-methyl/N-ethyl adjacent to an activating group) is 1. The Morgan fingerprint density at radius 1 is 1.28 bits per heavy atom. The number of benzene rings is 1. The van der Waals surface area contributed by atoms with E-state index < -0.39 is 5.97 Å². The van der Waals surface area contributed by atoms with E-state index in [1.807, 2.05) is 0 Å². The van der Waals surface area contributed by atoms with Gasteiger partial charge < -0.3 is 20.3 Å². The first-order valence-corrected chi connectivity index (χ1v) is 7.82. The number of carboxylic acid groups (broad SMARTS) is 1. The summed E-state index contributed by atoms with van der Waals surface area (Å²) in [6.07, 6.45) is 4.04. The number of aromatic nitrogens is 1. The maximum atomic E-state index is 12.3. The summed E-state index contributed by atoms with van der Waals surface area (Å²) in [6.45, 7) is 0.617. The van der Waals surface area contributed by atoms with Crippen molar-refractivity contribution in [2.75, 3.05) is 18.9 Å². The Balaban J connectivity index is 1.81. The van der Waals surface area contributed by atoms with E-state index in [1.165, 1.54) is 12.1 Å². The van der Waals surface area contributed by atoms with E-state index in [0.29, 0.717) is 41.0 Å². The highest BCUT2D eigenvalue weighted by molar-refractivity contribution is 6.35. The minimum Gasteiger partial charge on any atom is -0.478 e. The van der Waals surface area contributed by atoms with Crippen LogP contribution in [0, 0.1) is 0 Å². The van der Waals surface area contributed by atoms with Gasteiger partial charge in [0.25, 0.3) is 11.8 Å². The monoisotopic (exact) mass is 337 g/mol. The molecule has 7 heteroatoms. The van der Waals surface area contributed by atoms with Crippen LogP contribution in [-0.4, -0.2) is 46.4 Å². The number of H-pyrrole nitrogens is 1. The van der Waals surface area contributed by atoms with E-state index in [-0.39, 0.29) is 17.4 Å². The summed E-state index contributed by atoms with van der Waals surface area (Å²) in [5.74, 6) is -1.39. The Kier molecular flexibility index (Phi) is 3.24. The number of nitrogens with one attached hydrogen (secondary N) is 2. The minimum absolute atomic E-state index is 0.0495. The molecule has 2 amide bonds. The van der Waals surface area contributed by atoms with Gasteiger partial charge in [0.2, 0.25) is 0 Å². The van der Waals surface area contributed by atoms with Gasteiger partial charge in [0, 0.05) is 36.7 Å². The van der Waals surface area contributed by atoms with Crippen LogP contribution in [0.2, 0.25) is 0 Å². The SMILES string of the molecule is CN1CCc2c(c[nH]c2C=C2C(=O)Nc3ccc(C(=O)O)cc32)C1=O. The van der Waals surface area contributed by atoms with Crippen LogP contribution >= 0.6 is 0 Å². The standard InChI is InChI=1S/C18H15N3O4/c1-21-5-4-10-13(17(21)23)8-19-15(10)7-12-11-6-9(18(24)25)2-3-14(11)20-16(12)22/h2-3,6-8,19H,4-5H2,1H3,(H,20,22)(H,24,25). The third kappa shape index (κ3) is 2.32. The summed E-state index contributed by atoms with van der Waals surface area (Å²) in [5.41, 5.74) is 3.82. The van der Waals surface area contributed by atoms with Crippen molar-refractivity contribution in [2.24, 2.45) is 0 Å². The second kappa shape index (κ2) is 5.34. The summed E-state index contributed by atoms with van der Waals surface area (Å²) >= 11 is 0. The highest BCUT2D eigenvalue weighted by Crippen LogP contribution is 2.35. The fourth-order valence-electron chi connectivity index (χ4n) is 3.25. The van der Waals surface area contributed by atoms with E-state index in [1.54, 1.807) is 30.3 Å². The second-order valence-corrected chi connectivity index (χ2v) is 6.15. The smallest absolute Gasteiger partial charge is 0.335 e. The molecule has 4 rings (SSSR count). The lowest BCUT2D eigenvalue weighted by Gasteiger charge is -2.22. The zero-order valence-electron chi connectivity index (χ0n) is 13.4. The Hall–Kier alpha value is -3.35. The third-order valence-electron chi connectivity index (χ3n) is 4.63. The van der Waals surface area contributed by atoms with Gasteiger partial charge in [-0.2, -0.15) is 0 Å². The maximum Gasteiger partial charge on any atom is 0.335 e. The number of amides is 2. The average Bonchev–Trinajstić information content (AvgIpc) is 3.13. The van der Waals surface area contributed by atoms with Gasteiger partial charge >= 0.3 is 5.97 Å². The van der Waals surface area contributed by atoms with Crippen molar-refractivity contribution in [3.8, 4) is 0 Å². The molecule has 0 spiro atoms. The van der Waals surface area contributed by atoms with Crippen LogP contribution in [-0.2, 0) is 11.2 Å². The molecule has 2 aliphatic rings. The van der Waals surface area contributed by atoms with E-state index in [0.717, 1.165) is 5.56 Å². The van der Waals surface area contributed by atoms with Gasteiger partial charge in [0.15, 0.2) is 0 Å². The molecule has 7 nitrogen and oxygen atoms in total. The van der Waals surface area contributed by atoms with E-state index in [4.69, 9.17) is 5.11 Å². The molecule has 0 unspecified atom stereocenters. The molecule has 0 saturated carbocycles. The van der Waals surface area contributed by atoms with Gasteiger partial charge in [0.1, 0.15) is 0 Å². The molecular weight excluding hydrogens is 322 g/mol. The molecule has 3 N–H and O–H groups in total. The predicted octanol–water partition coefficient (Wildman–Crippen LogP) is 1.83. The van der Waals surface area contributed by atoms with Gasteiger partial charge in [-0.25, -0.2) is 4.79 Å². The van der Waals surface area contributed by atoms with E-state index >= 15 is 0 Å². The third-order valence-corrected chi connectivity index (χ3v) is 4.63. The molecule has 0 bridgehead atoms. The van der Waals surface area contributed by atoms with Crippen molar-refractivity contribution in [3.63, 3.8) is 0 Å². The summed E-state index contributed by atoms with van der Waals surface area (Å²) in [4.78, 5) is 40.4. The van der Waals surface area contributed by atoms with Crippen LogP contribution in [0.3, 0.4) is 0 Å². The van der Waals surface area contributed by atoms with Gasteiger partial charge in [-0.05, 0) is 36.3 Å². The highest BCUT2D eigenvalue weighted by Gasteiger charge is 2.28. The van der Waals surface area contributed by atoms with Crippen LogP contribution in [0.4, 0.5) is 5.69 Å². The molecule has 2 aromatic rings. The van der Waals surface area contributed by atoms with Crippen LogP contribution in [0.1, 0.15) is 37.5 Å². The zero-order chi connectivity index (χ0) is 17.7. The molecule has 0 atom stereocenters. The van der Waals surface area contributed by atoms with E-state index in [2.05, 4.69) is 10.3 Å². The number of fused-ring (bicyclic) bond motifs is 2. The first kappa shape index (κ1) is 15.2. The van der Waals surface area contributed by atoms with Crippen molar-refractivity contribution in [1.82, 2.24) is 9.88 Å². The number of hydrogen-bond acceptors (Lipinski definition) is 3. The fourth-order valence-corrected chi connectivity index (χ4v) is 3.25. The summed E-state index contributed by atoms with van der Waals surface area (Å²) < 4.78 is 0. The first-order valence-electron chi connectivity index (χ1n) is 7.82. The molecule has 126 valence electrons. The van der Waals surface area contributed by atoms with Gasteiger partial charge in [-0.1, -0.05) is 0 Å². The largest absolute Gasteiger partial charge is 0.478 e. The molecule has 3 heterocycles. The van der Waals surface area contributed by atoms with Gasteiger partial charge in [0.05, 0.1) is 16.7 Å². The summed E-state index contributed by atoms with van der Waals surface area (Å²) in [6, 6.07) is 4.52. The Morgan fingerprint density at radius 2 is 2.08 bits per heavy atom. The number of hydrogen-bond donors (Lipinski definition) is 3. The lowest BCUT2D eigenvalue weighted by molar-refractivity contribution is -0.110. The Bertz CT molecular complexity index is 971. The fraction of sp³-hybridized carbons (Fsp3) is 0.167. The zero-order valence-corrected chi connectivity index (χ0v) is 13.4. The molecule has 0 aliphatic carbocycles. The number of carboxylic acids is 1. The Labute approximate surface area is 143 Å². The molecule has 2 aliphatic heterocycles. The minimum atomic E-state index is -1.05. The number of rotatable bonds is 2. The number of aromatic carboxylic acids is 1. The number of anilines is 1. The quantitative estimate of drug-likeness (QED) is 0.728.